The number of hydrogen-bond acceptors (Lipinski definition) is 7. The molecule has 4 rings (SSSR count). The van der Waals surface area contributed by atoms with Gasteiger partial charge in [-0.1, -0.05) is 142 Å². The zero-order valence-electron chi connectivity index (χ0n) is 42.7. The van der Waals surface area contributed by atoms with E-state index in [4.69, 9.17) is 18.9 Å². The molecule has 0 radical (unpaired) electrons. The van der Waals surface area contributed by atoms with E-state index in [1.165, 1.54) is 17.5 Å². The fourth-order valence-corrected chi connectivity index (χ4v) is 7.29. The lowest BCUT2D eigenvalue weighted by Crippen LogP contribution is -2.41. The van der Waals surface area contributed by atoms with Crippen molar-refractivity contribution in [3.05, 3.63) is 59.9 Å². The van der Waals surface area contributed by atoms with Gasteiger partial charge in [-0.25, -0.2) is 0 Å². The first-order chi connectivity index (χ1) is 27.9. The largest absolute Gasteiger partial charge is 0.493 e. The number of benzene rings is 2. The third-order valence-electron chi connectivity index (χ3n) is 10.7. The Labute approximate surface area is 374 Å². The van der Waals surface area contributed by atoms with Gasteiger partial charge in [0.25, 0.3) is 5.91 Å². The molecular formula is C53H90N2O6. The minimum atomic E-state index is -0.498. The molecule has 8 heteroatoms. The molecule has 2 aromatic rings. The zero-order valence-corrected chi connectivity index (χ0v) is 42.7. The molecule has 0 aliphatic carbocycles. The molecule has 1 fully saturated rings. The number of fused-ring (bicyclic) bond motifs is 1. The van der Waals surface area contributed by atoms with E-state index >= 15 is 0 Å². The molecule has 1 saturated heterocycles. The summed E-state index contributed by atoms with van der Waals surface area (Å²) in [5.74, 6) is 5.96. The predicted octanol–water partition coefficient (Wildman–Crippen LogP) is 13.1. The van der Waals surface area contributed by atoms with Gasteiger partial charge in [0.2, 0.25) is 0 Å². The van der Waals surface area contributed by atoms with Crippen molar-refractivity contribution in [2.45, 2.75) is 169 Å². The molecule has 0 saturated carbocycles. The standard InChI is InChI=1S/C15H30O.C14H22O2.C13H18O2.C11H20N2O/c1-8-11(3)14(12(4)9-2)13(16)10-15(5,6)7;1-14(2,3)9-8-11-6-7-12(15-4)13(10-11)16-5;1-13(2,3)9-10-4-5-11-12(8-10)15-7-6-14-11;1-8-12-11(5,6)9(14)13(8)7-10(2,3)4/h11-12,14H,8-10H2,1-7H3;6-7,10H,8-9H2,1-5H3;4-5,8H,6-7,9H2,1-3H3;12H,1,7H2,2-6H3. The maximum atomic E-state index is 12.4. The van der Waals surface area contributed by atoms with Crippen molar-refractivity contribution in [1.29, 1.82) is 0 Å². The molecule has 2 aliphatic heterocycles. The van der Waals surface area contributed by atoms with Crippen LogP contribution >= 0.6 is 0 Å². The van der Waals surface area contributed by atoms with Gasteiger partial charge in [-0.15, -0.1) is 0 Å². The van der Waals surface area contributed by atoms with Crippen LogP contribution in [0.2, 0.25) is 0 Å². The van der Waals surface area contributed by atoms with Crippen molar-refractivity contribution < 1.29 is 28.5 Å². The van der Waals surface area contributed by atoms with Crippen LogP contribution in [0.15, 0.2) is 48.8 Å². The summed E-state index contributed by atoms with van der Waals surface area (Å²) in [4.78, 5) is 26.0. The SMILES string of the molecule is C=C1NC(C)(C)C(=O)N1CC(C)(C)C.CC(C)(C)Cc1ccc2c(c1)OCCO2.CCC(C)C(C(=O)CC(C)(C)C)C(C)CC.COc1ccc(CCC(C)(C)C)cc1OC. The number of carbonyl (C=O) groups excluding carboxylic acids is 2. The third kappa shape index (κ3) is 20.8. The van der Waals surface area contributed by atoms with Gasteiger partial charge in [0, 0.05) is 18.9 Å². The van der Waals surface area contributed by atoms with E-state index in [1.54, 1.807) is 19.1 Å². The Hall–Kier alpha value is -3.68. The number of methoxy groups -OCH3 is 2. The van der Waals surface area contributed by atoms with Crippen molar-refractivity contribution in [1.82, 2.24) is 10.2 Å². The molecule has 0 aromatic heterocycles. The lowest BCUT2D eigenvalue weighted by Gasteiger charge is -2.30. The number of Topliss-reactive ketones (excluding diaryl/α,β-unsaturated/α-hetero) is 1. The van der Waals surface area contributed by atoms with Gasteiger partial charge in [0.05, 0.1) is 14.2 Å². The molecule has 2 aromatic carbocycles. The van der Waals surface area contributed by atoms with E-state index in [0.29, 0.717) is 54.6 Å². The molecule has 2 heterocycles. The smallest absolute Gasteiger partial charge is 0.253 e. The molecule has 2 unspecified atom stereocenters. The average Bonchev–Trinajstić information content (AvgIpc) is 3.32. The Kier molecular flexibility index (Phi) is 21.5. The summed E-state index contributed by atoms with van der Waals surface area (Å²) in [7, 11) is 3.33. The second kappa shape index (κ2) is 23.7. The lowest BCUT2D eigenvalue weighted by atomic mass is 9.74. The summed E-state index contributed by atoms with van der Waals surface area (Å²) in [5, 5.41) is 3.10. The minimum Gasteiger partial charge on any atom is -0.493 e. The number of ketones is 1. The molecular weight excluding hydrogens is 761 g/mol. The molecule has 1 N–H and O–H groups in total. The molecule has 0 bridgehead atoms. The Morgan fingerprint density at radius 1 is 0.754 bits per heavy atom. The Bertz CT molecular complexity index is 1660. The van der Waals surface area contributed by atoms with Crippen LogP contribution in [0.1, 0.15) is 161 Å². The molecule has 61 heavy (non-hydrogen) atoms. The van der Waals surface area contributed by atoms with Crippen molar-refractivity contribution in [3.63, 3.8) is 0 Å². The number of ether oxygens (including phenoxy) is 4. The zero-order chi connectivity index (χ0) is 47.1. The van der Waals surface area contributed by atoms with Crippen LogP contribution in [0.5, 0.6) is 23.0 Å². The van der Waals surface area contributed by atoms with E-state index in [-0.39, 0.29) is 22.7 Å². The van der Waals surface area contributed by atoms with E-state index in [1.807, 2.05) is 26.0 Å². The van der Waals surface area contributed by atoms with Crippen LogP contribution in [-0.2, 0) is 22.4 Å². The van der Waals surface area contributed by atoms with E-state index < -0.39 is 5.54 Å². The highest BCUT2D eigenvalue weighted by atomic mass is 16.6. The summed E-state index contributed by atoms with van der Waals surface area (Å²) in [6, 6.07) is 12.4. The van der Waals surface area contributed by atoms with Gasteiger partial charge in [0.1, 0.15) is 30.4 Å². The summed E-state index contributed by atoms with van der Waals surface area (Å²) in [5.41, 5.74) is 3.01. The maximum Gasteiger partial charge on any atom is 0.253 e. The van der Waals surface area contributed by atoms with Crippen molar-refractivity contribution in [3.8, 4) is 23.0 Å². The fraction of sp³-hybridized carbons (Fsp3) is 0.698. The Balaban J connectivity index is 0.000000407. The highest BCUT2D eigenvalue weighted by Crippen LogP contribution is 2.34. The van der Waals surface area contributed by atoms with Crippen molar-refractivity contribution in [2.24, 2.45) is 39.4 Å². The van der Waals surface area contributed by atoms with Crippen LogP contribution in [0, 0.1) is 39.4 Å². The summed E-state index contributed by atoms with van der Waals surface area (Å²) in [6.45, 7) is 44.7. The number of carbonyl (C=O) groups is 2. The van der Waals surface area contributed by atoms with Gasteiger partial charge >= 0.3 is 0 Å². The van der Waals surface area contributed by atoms with E-state index in [0.717, 1.165) is 54.5 Å². The number of aryl methyl sites for hydroxylation is 1. The molecule has 348 valence electrons. The van der Waals surface area contributed by atoms with Crippen LogP contribution in [0.3, 0.4) is 0 Å². The first-order valence-corrected chi connectivity index (χ1v) is 22.8. The molecule has 2 atom stereocenters. The van der Waals surface area contributed by atoms with Crippen molar-refractivity contribution >= 4 is 11.7 Å². The van der Waals surface area contributed by atoms with Crippen LogP contribution < -0.4 is 24.3 Å². The maximum absolute atomic E-state index is 12.4. The first-order valence-electron chi connectivity index (χ1n) is 22.8. The van der Waals surface area contributed by atoms with Crippen molar-refractivity contribution in [2.75, 3.05) is 34.0 Å². The quantitative estimate of drug-likeness (QED) is 0.228. The van der Waals surface area contributed by atoms with Gasteiger partial charge < -0.3 is 24.3 Å². The number of nitrogens with zero attached hydrogens (tertiary/aromatic N) is 1. The Morgan fingerprint density at radius 2 is 1.28 bits per heavy atom. The van der Waals surface area contributed by atoms with Crippen LogP contribution in [0.4, 0.5) is 0 Å². The highest BCUT2D eigenvalue weighted by molar-refractivity contribution is 5.90. The summed E-state index contributed by atoms with van der Waals surface area (Å²) < 4.78 is 21.5. The van der Waals surface area contributed by atoms with E-state index in [2.05, 4.69) is 147 Å². The number of amides is 1. The molecule has 2 aliphatic rings. The second-order valence-corrected chi connectivity index (χ2v) is 22.6. The van der Waals surface area contributed by atoms with Gasteiger partial charge in [-0.05, 0) is 102 Å². The lowest BCUT2D eigenvalue weighted by molar-refractivity contribution is -0.131. The van der Waals surface area contributed by atoms with Crippen LogP contribution in [0.25, 0.3) is 0 Å². The molecule has 8 nitrogen and oxygen atoms in total. The summed E-state index contributed by atoms with van der Waals surface area (Å²) in [6.07, 6.45) is 6.22. The average molecular weight is 851 g/mol. The van der Waals surface area contributed by atoms with Gasteiger partial charge in [0.15, 0.2) is 23.0 Å². The topological polar surface area (TPSA) is 86.3 Å². The van der Waals surface area contributed by atoms with E-state index in [9.17, 15) is 9.59 Å². The first kappa shape index (κ1) is 55.3. The monoisotopic (exact) mass is 851 g/mol. The van der Waals surface area contributed by atoms with Gasteiger partial charge in [-0.3, -0.25) is 14.5 Å². The third-order valence-corrected chi connectivity index (χ3v) is 10.7. The normalized spacial score (nSPS) is 16.3. The number of nitrogens with one attached hydrogen (secondary N) is 1. The van der Waals surface area contributed by atoms with Crippen LogP contribution in [-0.4, -0.2) is 56.1 Å². The number of hydrogen-bond donors (Lipinski definition) is 1. The fourth-order valence-electron chi connectivity index (χ4n) is 7.29. The second-order valence-electron chi connectivity index (χ2n) is 22.6. The molecule has 0 spiro atoms. The highest BCUT2D eigenvalue weighted by Gasteiger charge is 2.42. The Morgan fingerprint density at radius 3 is 1.70 bits per heavy atom. The van der Waals surface area contributed by atoms with Gasteiger partial charge in [-0.2, -0.15) is 0 Å². The predicted molar refractivity (Wildman–Crippen MR) is 257 cm³/mol. The molecule has 1 amide bonds. The number of rotatable bonds is 12. The minimum absolute atomic E-state index is 0.0979. The summed E-state index contributed by atoms with van der Waals surface area (Å²) >= 11 is 0.